The fourth-order valence-corrected chi connectivity index (χ4v) is 1.20. The number of nitrogens with zero attached hydrogens (tertiary/aromatic N) is 1. The van der Waals surface area contributed by atoms with E-state index >= 15 is 0 Å². The van der Waals surface area contributed by atoms with Crippen molar-refractivity contribution in [3.8, 4) is 0 Å². The van der Waals surface area contributed by atoms with Gasteiger partial charge in [-0.15, -0.1) is 0 Å². The number of hydrogen-bond acceptors (Lipinski definition) is 4. The smallest absolute Gasteiger partial charge is 0.326 e. The van der Waals surface area contributed by atoms with Crippen molar-refractivity contribution in [1.82, 2.24) is 0 Å². The highest BCUT2D eigenvalue weighted by Gasteiger charge is 2.33. The summed E-state index contributed by atoms with van der Waals surface area (Å²) in [6.07, 6.45) is 1.07. The van der Waals surface area contributed by atoms with Crippen molar-refractivity contribution in [2.75, 3.05) is 20.3 Å². The second-order valence-corrected chi connectivity index (χ2v) is 4.02. The van der Waals surface area contributed by atoms with E-state index < -0.39 is 17.3 Å². The number of ether oxygens (including phenoxy) is 1. The number of aliphatic carboxylic acids is 1. The minimum absolute atomic E-state index is 0.0667. The quantitative estimate of drug-likeness (QED) is 0.433. The van der Waals surface area contributed by atoms with Crippen molar-refractivity contribution in [2.24, 2.45) is 16.5 Å². The molecule has 0 aliphatic carbocycles. The number of rotatable bonds is 8. The van der Waals surface area contributed by atoms with Crippen LogP contribution in [0.2, 0.25) is 0 Å². The van der Waals surface area contributed by atoms with E-state index in [1.807, 2.05) is 0 Å². The zero-order valence-electron chi connectivity index (χ0n) is 10.6. The van der Waals surface area contributed by atoms with Gasteiger partial charge in [0.25, 0.3) is 0 Å². The fourth-order valence-electron chi connectivity index (χ4n) is 1.20. The molecular formula is C11H20FN3O3. The summed E-state index contributed by atoms with van der Waals surface area (Å²) in [5.74, 6) is -1.32. The van der Waals surface area contributed by atoms with Crippen LogP contribution >= 0.6 is 0 Å². The molecule has 0 aliphatic rings. The Morgan fingerprint density at radius 1 is 1.61 bits per heavy atom. The van der Waals surface area contributed by atoms with Gasteiger partial charge in [0.2, 0.25) is 0 Å². The molecular weight excluding hydrogens is 241 g/mol. The molecule has 1 atom stereocenters. The van der Waals surface area contributed by atoms with Crippen LogP contribution in [-0.2, 0) is 9.53 Å². The van der Waals surface area contributed by atoms with Crippen LogP contribution in [0.4, 0.5) is 4.39 Å². The number of aliphatic imine (C=N–C) groups is 1. The summed E-state index contributed by atoms with van der Waals surface area (Å²) >= 11 is 0. The Labute approximate surface area is 106 Å². The first-order valence-electron chi connectivity index (χ1n) is 5.44. The van der Waals surface area contributed by atoms with Gasteiger partial charge in [-0.1, -0.05) is 6.08 Å². The molecule has 6 nitrogen and oxygen atoms in total. The molecule has 0 saturated heterocycles. The number of amidine groups is 1. The Balaban J connectivity index is 4.40. The topological polar surface area (TPSA) is 111 Å². The van der Waals surface area contributed by atoms with Crippen LogP contribution in [0.1, 0.15) is 19.8 Å². The second kappa shape index (κ2) is 7.78. The molecule has 0 aromatic rings. The SMILES string of the molecule is COCC(N)(CC=C(F)CCN=C(C)N)C(=O)O. The summed E-state index contributed by atoms with van der Waals surface area (Å²) in [6, 6.07) is 0. The van der Waals surface area contributed by atoms with E-state index in [-0.39, 0.29) is 26.0 Å². The zero-order chi connectivity index (χ0) is 14.2. The van der Waals surface area contributed by atoms with Gasteiger partial charge in [-0.05, 0) is 13.3 Å². The minimum atomic E-state index is -1.61. The minimum Gasteiger partial charge on any atom is -0.480 e. The van der Waals surface area contributed by atoms with Gasteiger partial charge < -0.3 is 21.3 Å². The molecule has 0 fully saturated rings. The molecule has 104 valence electrons. The molecule has 0 amide bonds. The van der Waals surface area contributed by atoms with Crippen LogP contribution in [0.25, 0.3) is 0 Å². The molecule has 0 aromatic heterocycles. The monoisotopic (exact) mass is 261 g/mol. The normalized spacial score (nSPS) is 16.4. The molecule has 18 heavy (non-hydrogen) atoms. The van der Waals surface area contributed by atoms with Gasteiger partial charge >= 0.3 is 5.97 Å². The van der Waals surface area contributed by atoms with Crippen LogP contribution in [0, 0.1) is 0 Å². The Bertz CT molecular complexity index is 340. The molecule has 5 N–H and O–H groups in total. The van der Waals surface area contributed by atoms with E-state index in [4.69, 9.17) is 21.3 Å². The summed E-state index contributed by atoms with van der Waals surface area (Å²) in [6.45, 7) is 1.64. The Hall–Kier alpha value is -1.47. The number of halogens is 1. The lowest BCUT2D eigenvalue weighted by Gasteiger charge is -2.21. The van der Waals surface area contributed by atoms with Crippen LogP contribution in [0.15, 0.2) is 16.9 Å². The molecule has 1 unspecified atom stereocenters. The highest BCUT2D eigenvalue weighted by molar-refractivity contribution is 5.79. The number of hydrogen-bond donors (Lipinski definition) is 3. The lowest BCUT2D eigenvalue weighted by Crippen LogP contribution is -2.51. The average Bonchev–Trinajstić information content (AvgIpc) is 2.26. The third-order valence-electron chi connectivity index (χ3n) is 2.23. The molecule has 0 heterocycles. The summed E-state index contributed by atoms with van der Waals surface area (Å²) < 4.78 is 18.1. The Morgan fingerprint density at radius 2 is 2.22 bits per heavy atom. The van der Waals surface area contributed by atoms with Gasteiger partial charge in [-0.3, -0.25) is 9.79 Å². The van der Waals surface area contributed by atoms with E-state index in [9.17, 15) is 9.18 Å². The van der Waals surface area contributed by atoms with Gasteiger partial charge in [0.05, 0.1) is 18.3 Å². The lowest BCUT2D eigenvalue weighted by molar-refractivity contribution is -0.145. The van der Waals surface area contributed by atoms with Gasteiger partial charge in [-0.2, -0.15) is 0 Å². The first-order valence-corrected chi connectivity index (χ1v) is 5.44. The molecule has 7 heteroatoms. The van der Waals surface area contributed by atoms with Gasteiger partial charge in [-0.25, -0.2) is 4.39 Å². The first-order chi connectivity index (χ1) is 8.31. The zero-order valence-corrected chi connectivity index (χ0v) is 10.6. The van der Waals surface area contributed by atoms with Gasteiger partial charge in [0.15, 0.2) is 0 Å². The maximum atomic E-state index is 13.3. The van der Waals surface area contributed by atoms with E-state index in [0.29, 0.717) is 5.84 Å². The van der Waals surface area contributed by atoms with Crippen molar-refractivity contribution in [3.05, 3.63) is 11.9 Å². The van der Waals surface area contributed by atoms with E-state index in [0.717, 1.165) is 6.08 Å². The van der Waals surface area contributed by atoms with Crippen molar-refractivity contribution in [2.45, 2.75) is 25.3 Å². The van der Waals surface area contributed by atoms with Crippen molar-refractivity contribution in [3.63, 3.8) is 0 Å². The number of carboxylic acids is 1. The second-order valence-electron chi connectivity index (χ2n) is 4.02. The maximum Gasteiger partial charge on any atom is 0.326 e. The van der Waals surface area contributed by atoms with Crippen LogP contribution in [0.3, 0.4) is 0 Å². The molecule has 0 rings (SSSR count). The highest BCUT2D eigenvalue weighted by Crippen LogP contribution is 2.13. The summed E-state index contributed by atoms with van der Waals surface area (Å²) in [5, 5.41) is 8.93. The molecule has 0 bridgehead atoms. The Kier molecular flexibility index (Phi) is 7.14. The van der Waals surface area contributed by atoms with Gasteiger partial charge in [0.1, 0.15) is 5.54 Å². The highest BCUT2D eigenvalue weighted by atomic mass is 19.1. The summed E-state index contributed by atoms with van der Waals surface area (Å²) in [4.78, 5) is 14.8. The predicted octanol–water partition coefficient (Wildman–Crippen LogP) is 0.426. The van der Waals surface area contributed by atoms with Crippen molar-refractivity contribution in [1.29, 1.82) is 0 Å². The molecule has 0 saturated carbocycles. The van der Waals surface area contributed by atoms with Crippen LogP contribution in [0.5, 0.6) is 0 Å². The van der Waals surface area contributed by atoms with E-state index in [2.05, 4.69) is 4.99 Å². The lowest BCUT2D eigenvalue weighted by atomic mass is 9.97. The standard InChI is InChI=1S/C11H20FN3O3/c1-8(13)15-6-4-9(12)3-5-11(14,7-18-2)10(16)17/h3H,4-7,14H2,1-2H3,(H2,13,15)(H,16,17). The van der Waals surface area contributed by atoms with Crippen molar-refractivity contribution >= 4 is 11.8 Å². The average molecular weight is 261 g/mol. The van der Waals surface area contributed by atoms with Gasteiger partial charge in [0, 0.05) is 20.1 Å². The molecule has 0 spiro atoms. The molecule has 0 aliphatic heterocycles. The summed E-state index contributed by atoms with van der Waals surface area (Å²) in [7, 11) is 1.34. The first kappa shape index (κ1) is 16.5. The number of carboxylic acid groups (broad SMARTS) is 1. The van der Waals surface area contributed by atoms with Crippen molar-refractivity contribution < 1.29 is 19.0 Å². The number of methoxy groups -OCH3 is 1. The molecule has 0 radical (unpaired) electrons. The molecule has 0 aromatic carbocycles. The van der Waals surface area contributed by atoms with E-state index in [1.165, 1.54) is 7.11 Å². The summed E-state index contributed by atoms with van der Waals surface area (Å²) in [5.41, 5.74) is 9.28. The number of nitrogens with two attached hydrogens (primary N) is 2. The van der Waals surface area contributed by atoms with Crippen LogP contribution < -0.4 is 11.5 Å². The van der Waals surface area contributed by atoms with Crippen LogP contribution in [-0.4, -0.2) is 42.7 Å². The Morgan fingerprint density at radius 3 is 2.67 bits per heavy atom. The maximum absolute atomic E-state index is 13.3. The third kappa shape index (κ3) is 6.31. The third-order valence-corrected chi connectivity index (χ3v) is 2.23. The fraction of sp³-hybridized carbons (Fsp3) is 0.636. The van der Waals surface area contributed by atoms with E-state index in [1.54, 1.807) is 6.92 Å². The number of carbonyl (C=O) groups is 1. The predicted molar refractivity (Wildman–Crippen MR) is 67.0 cm³/mol. The largest absolute Gasteiger partial charge is 0.480 e.